The van der Waals surface area contributed by atoms with E-state index >= 15 is 0 Å². The van der Waals surface area contributed by atoms with E-state index in [0.717, 1.165) is 13.1 Å². The Labute approximate surface area is 102 Å². The van der Waals surface area contributed by atoms with E-state index in [1.54, 1.807) is 0 Å². The molecule has 0 aromatic rings. The second kappa shape index (κ2) is 10.1. The number of rotatable bonds is 10. The Kier molecular flexibility index (Phi) is 9.99. The quantitative estimate of drug-likeness (QED) is 0.614. The molecule has 0 bridgehead atoms. The van der Waals surface area contributed by atoms with Gasteiger partial charge in [0.15, 0.2) is 0 Å². The van der Waals surface area contributed by atoms with Crippen LogP contribution in [0.2, 0.25) is 0 Å². The molecular formula is C13H31N3. The van der Waals surface area contributed by atoms with Crippen molar-refractivity contribution in [2.75, 3.05) is 46.8 Å². The van der Waals surface area contributed by atoms with Crippen molar-refractivity contribution in [3.63, 3.8) is 0 Å². The number of hydrogen-bond donors (Lipinski definition) is 1. The molecule has 0 radical (unpaired) electrons. The van der Waals surface area contributed by atoms with Crippen LogP contribution in [0.3, 0.4) is 0 Å². The molecule has 0 aliphatic carbocycles. The van der Waals surface area contributed by atoms with Crippen LogP contribution in [0.15, 0.2) is 0 Å². The van der Waals surface area contributed by atoms with Gasteiger partial charge in [-0.2, -0.15) is 0 Å². The molecule has 0 aromatic heterocycles. The van der Waals surface area contributed by atoms with Gasteiger partial charge < -0.3 is 15.1 Å². The van der Waals surface area contributed by atoms with Crippen molar-refractivity contribution in [2.24, 2.45) is 0 Å². The summed E-state index contributed by atoms with van der Waals surface area (Å²) in [4.78, 5) is 4.82. The predicted molar refractivity (Wildman–Crippen MR) is 73.0 cm³/mol. The van der Waals surface area contributed by atoms with Crippen LogP contribution in [0.25, 0.3) is 0 Å². The summed E-state index contributed by atoms with van der Waals surface area (Å²) in [7, 11) is 4.29. The van der Waals surface area contributed by atoms with Crippen molar-refractivity contribution < 1.29 is 0 Å². The number of nitrogens with zero attached hydrogens (tertiary/aromatic N) is 2. The van der Waals surface area contributed by atoms with Gasteiger partial charge in [0.2, 0.25) is 0 Å². The van der Waals surface area contributed by atoms with Gasteiger partial charge in [-0.15, -0.1) is 0 Å². The van der Waals surface area contributed by atoms with E-state index in [2.05, 4.69) is 50.0 Å². The van der Waals surface area contributed by atoms with E-state index < -0.39 is 0 Å². The first-order chi connectivity index (χ1) is 7.63. The third-order valence-corrected chi connectivity index (χ3v) is 2.99. The molecule has 0 saturated carbocycles. The van der Waals surface area contributed by atoms with Crippen LogP contribution in [0.1, 0.15) is 33.6 Å². The molecule has 0 aliphatic heterocycles. The van der Waals surface area contributed by atoms with Gasteiger partial charge in [-0.05, 0) is 53.1 Å². The van der Waals surface area contributed by atoms with E-state index in [1.165, 1.54) is 32.5 Å². The second-order valence-corrected chi connectivity index (χ2v) is 4.71. The summed E-state index contributed by atoms with van der Waals surface area (Å²) in [6.07, 6.45) is 2.49. The Balaban J connectivity index is 3.79. The lowest BCUT2D eigenvalue weighted by atomic mass is 10.2. The molecule has 98 valence electrons. The molecule has 3 nitrogen and oxygen atoms in total. The molecule has 16 heavy (non-hydrogen) atoms. The van der Waals surface area contributed by atoms with Gasteiger partial charge in [0.25, 0.3) is 0 Å². The smallest absolute Gasteiger partial charge is 0.0192 e. The molecule has 0 amide bonds. The van der Waals surface area contributed by atoms with Crippen LogP contribution in [-0.4, -0.2) is 62.7 Å². The SMILES string of the molecule is CCNC(CC)CN(CC)CCCN(C)C. The third kappa shape index (κ3) is 8.08. The summed E-state index contributed by atoms with van der Waals surface area (Å²) in [6.45, 7) is 12.5. The Hall–Kier alpha value is -0.120. The molecule has 0 rings (SSSR count). The molecule has 0 saturated heterocycles. The first-order valence-electron chi connectivity index (χ1n) is 6.74. The lowest BCUT2D eigenvalue weighted by Crippen LogP contribution is -2.41. The monoisotopic (exact) mass is 229 g/mol. The number of likely N-dealkylation sites (N-methyl/N-ethyl adjacent to an activating group) is 2. The Morgan fingerprint density at radius 1 is 1.06 bits per heavy atom. The Bertz CT molecular complexity index is 148. The number of nitrogens with one attached hydrogen (secondary N) is 1. The van der Waals surface area contributed by atoms with Crippen molar-refractivity contribution in [3.8, 4) is 0 Å². The number of hydrogen-bond acceptors (Lipinski definition) is 3. The molecule has 1 atom stereocenters. The standard InChI is InChI=1S/C13H31N3/c1-6-13(14-7-2)12-16(8-3)11-9-10-15(4)5/h13-14H,6-12H2,1-5H3. The topological polar surface area (TPSA) is 18.5 Å². The molecule has 0 aromatic carbocycles. The highest BCUT2D eigenvalue weighted by molar-refractivity contribution is 4.69. The van der Waals surface area contributed by atoms with E-state index in [1.807, 2.05) is 0 Å². The zero-order valence-electron chi connectivity index (χ0n) is 11.9. The lowest BCUT2D eigenvalue weighted by Gasteiger charge is -2.26. The minimum Gasteiger partial charge on any atom is -0.313 e. The van der Waals surface area contributed by atoms with Crippen molar-refractivity contribution in [1.29, 1.82) is 0 Å². The van der Waals surface area contributed by atoms with E-state index in [9.17, 15) is 0 Å². The maximum absolute atomic E-state index is 3.54. The summed E-state index contributed by atoms with van der Waals surface area (Å²) >= 11 is 0. The van der Waals surface area contributed by atoms with Gasteiger partial charge in [0.1, 0.15) is 0 Å². The van der Waals surface area contributed by atoms with E-state index in [4.69, 9.17) is 0 Å². The van der Waals surface area contributed by atoms with Crippen molar-refractivity contribution >= 4 is 0 Å². The normalized spacial score (nSPS) is 13.7. The fraction of sp³-hybridized carbons (Fsp3) is 1.00. The summed E-state index contributed by atoms with van der Waals surface area (Å²) in [5, 5.41) is 3.54. The van der Waals surface area contributed by atoms with Crippen molar-refractivity contribution in [2.45, 2.75) is 39.7 Å². The fourth-order valence-electron chi connectivity index (χ4n) is 1.93. The van der Waals surface area contributed by atoms with Crippen LogP contribution in [0.5, 0.6) is 0 Å². The Morgan fingerprint density at radius 3 is 2.19 bits per heavy atom. The minimum absolute atomic E-state index is 0.657. The van der Waals surface area contributed by atoms with E-state index in [0.29, 0.717) is 6.04 Å². The van der Waals surface area contributed by atoms with Gasteiger partial charge in [-0.25, -0.2) is 0 Å². The first kappa shape index (κ1) is 15.9. The van der Waals surface area contributed by atoms with E-state index in [-0.39, 0.29) is 0 Å². The average molecular weight is 229 g/mol. The lowest BCUT2D eigenvalue weighted by molar-refractivity contribution is 0.237. The maximum Gasteiger partial charge on any atom is 0.0192 e. The highest BCUT2D eigenvalue weighted by Crippen LogP contribution is 1.98. The molecule has 0 heterocycles. The molecule has 3 heteroatoms. The third-order valence-electron chi connectivity index (χ3n) is 2.99. The highest BCUT2D eigenvalue weighted by Gasteiger charge is 2.09. The molecule has 1 unspecified atom stereocenters. The molecule has 0 fully saturated rings. The molecular weight excluding hydrogens is 198 g/mol. The minimum atomic E-state index is 0.657. The first-order valence-corrected chi connectivity index (χ1v) is 6.74. The zero-order chi connectivity index (χ0) is 12.4. The fourth-order valence-corrected chi connectivity index (χ4v) is 1.93. The summed E-state index contributed by atoms with van der Waals surface area (Å²) < 4.78 is 0. The van der Waals surface area contributed by atoms with Gasteiger partial charge in [-0.1, -0.05) is 20.8 Å². The average Bonchev–Trinajstić information content (AvgIpc) is 2.26. The van der Waals surface area contributed by atoms with Crippen LogP contribution < -0.4 is 5.32 Å². The van der Waals surface area contributed by atoms with Gasteiger partial charge >= 0.3 is 0 Å². The second-order valence-electron chi connectivity index (χ2n) is 4.71. The summed E-state index contributed by atoms with van der Waals surface area (Å²) in [5.41, 5.74) is 0. The highest BCUT2D eigenvalue weighted by atomic mass is 15.1. The van der Waals surface area contributed by atoms with Crippen molar-refractivity contribution in [3.05, 3.63) is 0 Å². The largest absolute Gasteiger partial charge is 0.313 e. The molecule has 0 aliphatic rings. The molecule has 0 spiro atoms. The summed E-state index contributed by atoms with van der Waals surface area (Å²) in [5.74, 6) is 0. The van der Waals surface area contributed by atoms with Crippen LogP contribution in [0.4, 0.5) is 0 Å². The zero-order valence-corrected chi connectivity index (χ0v) is 11.9. The van der Waals surface area contributed by atoms with Crippen molar-refractivity contribution in [1.82, 2.24) is 15.1 Å². The van der Waals surface area contributed by atoms with Gasteiger partial charge in [0, 0.05) is 12.6 Å². The maximum atomic E-state index is 3.54. The van der Waals surface area contributed by atoms with Crippen LogP contribution in [0, 0.1) is 0 Å². The van der Waals surface area contributed by atoms with Crippen LogP contribution >= 0.6 is 0 Å². The van der Waals surface area contributed by atoms with Gasteiger partial charge in [-0.3, -0.25) is 0 Å². The van der Waals surface area contributed by atoms with Gasteiger partial charge in [0.05, 0.1) is 0 Å². The Morgan fingerprint density at radius 2 is 1.75 bits per heavy atom. The predicted octanol–water partition coefficient (Wildman–Crippen LogP) is 1.65. The molecule has 1 N–H and O–H groups in total. The van der Waals surface area contributed by atoms with Crippen LogP contribution in [-0.2, 0) is 0 Å². The summed E-state index contributed by atoms with van der Waals surface area (Å²) in [6, 6.07) is 0.657.